The molecule has 1 aromatic carbocycles. The second kappa shape index (κ2) is 4.12. The highest BCUT2D eigenvalue weighted by Gasteiger charge is 2.43. The van der Waals surface area contributed by atoms with Gasteiger partial charge in [-0.1, -0.05) is 0 Å². The topological polar surface area (TPSA) is 57.4 Å². The molecule has 0 bridgehead atoms. The molecular formula is C10H12FNO3S. The van der Waals surface area contributed by atoms with Crippen molar-refractivity contribution in [1.82, 2.24) is 4.31 Å². The highest BCUT2D eigenvalue weighted by Crippen LogP contribution is 2.29. The van der Waals surface area contributed by atoms with Crippen LogP contribution in [0, 0.1) is 5.82 Å². The van der Waals surface area contributed by atoms with Gasteiger partial charge < -0.3 is 5.11 Å². The summed E-state index contributed by atoms with van der Waals surface area (Å²) in [5.41, 5.74) is 0. The smallest absolute Gasteiger partial charge is 0.243 e. The lowest BCUT2D eigenvalue weighted by Gasteiger charge is -2.05. The van der Waals surface area contributed by atoms with E-state index in [1.54, 1.807) is 0 Å². The summed E-state index contributed by atoms with van der Waals surface area (Å²) in [5.74, 6) is -0.461. The molecule has 1 heterocycles. The molecular weight excluding hydrogens is 233 g/mol. The van der Waals surface area contributed by atoms with E-state index in [0.29, 0.717) is 13.0 Å². The Hall–Kier alpha value is -0.980. The number of halogens is 1. The van der Waals surface area contributed by atoms with Gasteiger partial charge in [0.15, 0.2) is 0 Å². The van der Waals surface area contributed by atoms with Crippen molar-refractivity contribution in [3.05, 3.63) is 30.1 Å². The fourth-order valence-corrected chi connectivity index (χ4v) is 3.20. The first kappa shape index (κ1) is 11.5. The lowest BCUT2D eigenvalue weighted by molar-refractivity contribution is 0.284. The third-order valence-electron chi connectivity index (χ3n) is 2.55. The minimum Gasteiger partial charge on any atom is -0.396 e. The van der Waals surface area contributed by atoms with Gasteiger partial charge in [0.05, 0.1) is 4.90 Å². The van der Waals surface area contributed by atoms with Crippen LogP contribution in [0.25, 0.3) is 0 Å². The lowest BCUT2D eigenvalue weighted by atomic mass is 10.3. The molecule has 2 atom stereocenters. The van der Waals surface area contributed by atoms with E-state index in [0.717, 1.165) is 12.1 Å². The zero-order valence-electron chi connectivity index (χ0n) is 8.51. The summed E-state index contributed by atoms with van der Waals surface area (Å²) in [6, 6.07) is 4.63. The second-order valence-corrected chi connectivity index (χ2v) is 5.59. The average Bonchev–Trinajstić information content (AvgIpc) is 2.99. The highest BCUT2D eigenvalue weighted by molar-refractivity contribution is 7.89. The molecule has 1 aliphatic rings. The summed E-state index contributed by atoms with van der Waals surface area (Å²) in [6.45, 7) is 0.403. The Balaban J connectivity index is 2.18. The predicted octanol–water partition coefficient (Wildman–Crippen LogP) is 0.581. The van der Waals surface area contributed by atoms with Crippen molar-refractivity contribution in [2.45, 2.75) is 17.4 Å². The Morgan fingerprint density at radius 1 is 1.38 bits per heavy atom. The van der Waals surface area contributed by atoms with E-state index in [1.807, 2.05) is 0 Å². The molecule has 0 aliphatic carbocycles. The van der Waals surface area contributed by atoms with Gasteiger partial charge >= 0.3 is 0 Å². The molecule has 1 saturated heterocycles. The highest BCUT2D eigenvalue weighted by atomic mass is 32.2. The predicted molar refractivity (Wildman–Crippen MR) is 55.8 cm³/mol. The number of rotatable bonds is 4. The first-order valence-electron chi connectivity index (χ1n) is 4.94. The van der Waals surface area contributed by atoms with E-state index in [1.165, 1.54) is 16.4 Å². The van der Waals surface area contributed by atoms with Gasteiger partial charge in [-0.2, -0.15) is 4.31 Å². The van der Waals surface area contributed by atoms with Crippen LogP contribution in [0.4, 0.5) is 4.39 Å². The zero-order valence-corrected chi connectivity index (χ0v) is 9.32. The molecule has 88 valence electrons. The van der Waals surface area contributed by atoms with Crippen LogP contribution in [0.15, 0.2) is 29.2 Å². The molecule has 2 rings (SSSR count). The van der Waals surface area contributed by atoms with Crippen LogP contribution in [0.5, 0.6) is 0 Å². The maximum absolute atomic E-state index is 12.6. The van der Waals surface area contributed by atoms with Gasteiger partial charge in [-0.05, 0) is 30.7 Å². The molecule has 1 N–H and O–H groups in total. The monoisotopic (exact) mass is 245 g/mol. The van der Waals surface area contributed by atoms with Crippen molar-refractivity contribution in [2.24, 2.45) is 0 Å². The van der Waals surface area contributed by atoms with Gasteiger partial charge in [0, 0.05) is 19.2 Å². The molecule has 1 aliphatic heterocycles. The van der Waals surface area contributed by atoms with Crippen molar-refractivity contribution in [2.75, 3.05) is 13.2 Å². The number of aliphatic hydroxyl groups excluding tert-OH is 1. The van der Waals surface area contributed by atoms with Gasteiger partial charge in [-0.3, -0.25) is 0 Å². The van der Waals surface area contributed by atoms with E-state index >= 15 is 0 Å². The summed E-state index contributed by atoms with van der Waals surface area (Å²) in [4.78, 5) is 0.0920. The van der Waals surface area contributed by atoms with E-state index in [9.17, 15) is 12.8 Å². The van der Waals surface area contributed by atoms with Gasteiger partial charge in [0.2, 0.25) is 10.0 Å². The third kappa shape index (κ3) is 2.09. The number of nitrogens with zero attached hydrogens (tertiary/aromatic N) is 1. The molecule has 0 aromatic heterocycles. The van der Waals surface area contributed by atoms with Crippen LogP contribution < -0.4 is 0 Å². The van der Waals surface area contributed by atoms with Gasteiger partial charge in [0.25, 0.3) is 0 Å². The van der Waals surface area contributed by atoms with Crippen LogP contribution in [0.1, 0.15) is 6.42 Å². The van der Waals surface area contributed by atoms with E-state index in [-0.39, 0.29) is 17.5 Å². The normalized spacial score (nSPS) is 24.4. The molecule has 16 heavy (non-hydrogen) atoms. The maximum Gasteiger partial charge on any atom is 0.243 e. The van der Waals surface area contributed by atoms with Crippen LogP contribution in [0.3, 0.4) is 0 Å². The van der Waals surface area contributed by atoms with Crippen LogP contribution in [0.2, 0.25) is 0 Å². The number of aliphatic hydroxyl groups is 1. The Morgan fingerprint density at radius 3 is 2.56 bits per heavy atom. The minimum atomic E-state index is -3.50. The lowest BCUT2D eigenvalue weighted by Crippen LogP contribution is -2.15. The first-order valence-corrected chi connectivity index (χ1v) is 6.38. The molecule has 0 amide bonds. The second-order valence-electron chi connectivity index (χ2n) is 3.69. The molecule has 4 nitrogen and oxygen atoms in total. The molecule has 6 heteroatoms. The van der Waals surface area contributed by atoms with Gasteiger partial charge in [-0.25, -0.2) is 12.8 Å². The van der Waals surface area contributed by atoms with Crippen LogP contribution in [-0.4, -0.2) is 37.0 Å². The minimum absolute atomic E-state index is 0.0277. The molecule has 0 spiro atoms. The van der Waals surface area contributed by atoms with Crippen molar-refractivity contribution in [3.8, 4) is 0 Å². The Bertz CT molecular complexity index is 471. The standard InChI is InChI=1S/C10H12FNO3S/c11-8-1-3-10(4-2-8)16(14,15)12-7-9(12)5-6-13/h1-4,9,13H,5-7H2. The summed E-state index contributed by atoms with van der Waals surface area (Å²) < 4.78 is 37.8. The van der Waals surface area contributed by atoms with E-state index in [2.05, 4.69) is 0 Å². The van der Waals surface area contributed by atoms with Crippen LogP contribution >= 0.6 is 0 Å². The largest absolute Gasteiger partial charge is 0.396 e. The SMILES string of the molecule is O=S(=O)(c1ccc(F)cc1)N1CC1CCO. The first-order chi connectivity index (χ1) is 7.55. The molecule has 2 unspecified atom stereocenters. The van der Waals surface area contributed by atoms with Crippen molar-refractivity contribution in [3.63, 3.8) is 0 Å². The zero-order chi connectivity index (χ0) is 11.8. The fraction of sp³-hybridized carbons (Fsp3) is 0.400. The van der Waals surface area contributed by atoms with Crippen molar-refractivity contribution < 1.29 is 17.9 Å². The number of hydrogen-bond acceptors (Lipinski definition) is 3. The summed E-state index contributed by atoms with van der Waals surface area (Å²) in [6.07, 6.45) is 0.445. The molecule has 1 aromatic rings. The number of benzene rings is 1. The quantitative estimate of drug-likeness (QED) is 0.789. The maximum atomic E-state index is 12.6. The van der Waals surface area contributed by atoms with E-state index < -0.39 is 15.8 Å². The Morgan fingerprint density at radius 2 is 2.00 bits per heavy atom. The Kier molecular flexibility index (Phi) is 2.96. The summed E-state index contributed by atoms with van der Waals surface area (Å²) in [7, 11) is -3.50. The molecule has 0 radical (unpaired) electrons. The van der Waals surface area contributed by atoms with Gasteiger partial charge in [0.1, 0.15) is 5.82 Å². The fourth-order valence-electron chi connectivity index (χ4n) is 1.58. The average molecular weight is 245 g/mol. The Labute approximate surface area is 93.4 Å². The summed E-state index contributed by atoms with van der Waals surface area (Å²) >= 11 is 0. The van der Waals surface area contributed by atoms with Gasteiger partial charge in [-0.15, -0.1) is 0 Å². The third-order valence-corrected chi connectivity index (χ3v) is 4.48. The van der Waals surface area contributed by atoms with Crippen molar-refractivity contribution in [1.29, 1.82) is 0 Å². The molecule has 0 saturated carbocycles. The number of hydrogen-bond donors (Lipinski definition) is 1. The molecule has 1 fully saturated rings. The van der Waals surface area contributed by atoms with Crippen LogP contribution in [-0.2, 0) is 10.0 Å². The summed E-state index contributed by atoms with van der Waals surface area (Å²) in [5, 5.41) is 8.70. The number of sulfonamides is 1. The van der Waals surface area contributed by atoms with Crippen molar-refractivity contribution >= 4 is 10.0 Å². The van der Waals surface area contributed by atoms with E-state index in [4.69, 9.17) is 5.11 Å².